The van der Waals surface area contributed by atoms with Crippen LogP contribution in [-0.2, 0) is 14.3 Å². The Hall–Kier alpha value is -0.610. The molecular weight excluding hydrogens is 266 g/mol. The molecule has 0 N–H and O–H groups in total. The van der Waals surface area contributed by atoms with Crippen molar-refractivity contribution >= 4 is 5.91 Å². The molecule has 2 saturated carbocycles. The topological polar surface area (TPSA) is 38.8 Å². The zero-order valence-corrected chi connectivity index (χ0v) is 13.3. The van der Waals surface area contributed by atoms with Crippen LogP contribution in [0.3, 0.4) is 0 Å². The van der Waals surface area contributed by atoms with Gasteiger partial charge in [0, 0.05) is 20.2 Å². The van der Waals surface area contributed by atoms with E-state index in [-0.39, 0.29) is 11.5 Å². The van der Waals surface area contributed by atoms with Gasteiger partial charge in [0.25, 0.3) is 0 Å². The molecule has 4 heteroatoms. The fourth-order valence-corrected chi connectivity index (χ4v) is 4.29. The van der Waals surface area contributed by atoms with E-state index in [1.54, 1.807) is 7.11 Å². The molecule has 2 aliphatic carbocycles. The van der Waals surface area contributed by atoms with E-state index in [1.807, 2.05) is 0 Å². The van der Waals surface area contributed by atoms with Crippen molar-refractivity contribution in [2.75, 3.05) is 33.4 Å². The van der Waals surface area contributed by atoms with Gasteiger partial charge in [-0.3, -0.25) is 4.79 Å². The van der Waals surface area contributed by atoms with Gasteiger partial charge >= 0.3 is 0 Å². The van der Waals surface area contributed by atoms with Crippen molar-refractivity contribution in [2.45, 2.75) is 57.5 Å². The maximum Gasteiger partial charge on any atom is 0.231 e. The summed E-state index contributed by atoms with van der Waals surface area (Å²) in [6.45, 7) is 2.84. The number of methoxy groups -OCH3 is 1. The van der Waals surface area contributed by atoms with Crippen LogP contribution in [0, 0.1) is 11.3 Å². The molecule has 0 aromatic carbocycles. The van der Waals surface area contributed by atoms with Gasteiger partial charge in [-0.1, -0.05) is 25.7 Å². The molecule has 1 heterocycles. The highest BCUT2D eigenvalue weighted by Crippen LogP contribution is 2.43. The molecule has 1 aliphatic heterocycles. The quantitative estimate of drug-likeness (QED) is 0.800. The molecule has 0 aromatic heterocycles. The first-order valence-corrected chi connectivity index (χ1v) is 8.65. The van der Waals surface area contributed by atoms with Crippen LogP contribution in [0.2, 0.25) is 0 Å². The van der Waals surface area contributed by atoms with Crippen LogP contribution in [0.25, 0.3) is 0 Å². The van der Waals surface area contributed by atoms with Crippen LogP contribution < -0.4 is 0 Å². The van der Waals surface area contributed by atoms with E-state index < -0.39 is 0 Å². The Bertz CT molecular complexity index is 361. The average Bonchev–Trinajstić information content (AvgIpc) is 2.51. The lowest BCUT2D eigenvalue weighted by Gasteiger charge is -2.46. The first kappa shape index (κ1) is 15.3. The standard InChI is InChI=1S/C17H29NO3/c1-20-13-17(8-5-9-17)16(19)18-10-11-21-15(12-18)14-6-3-2-4-7-14/h14-15H,2-13H2,1H3. The molecule has 1 atom stereocenters. The van der Waals surface area contributed by atoms with E-state index >= 15 is 0 Å². The van der Waals surface area contributed by atoms with Crippen LogP contribution in [0.4, 0.5) is 0 Å². The predicted octanol–water partition coefficient (Wildman–Crippen LogP) is 2.61. The Morgan fingerprint density at radius 1 is 1.24 bits per heavy atom. The Balaban J connectivity index is 1.61. The molecular formula is C17H29NO3. The van der Waals surface area contributed by atoms with Crippen LogP contribution in [-0.4, -0.2) is 50.3 Å². The van der Waals surface area contributed by atoms with Crippen LogP contribution >= 0.6 is 0 Å². The van der Waals surface area contributed by atoms with Gasteiger partial charge in [0.1, 0.15) is 0 Å². The van der Waals surface area contributed by atoms with Crippen molar-refractivity contribution in [1.29, 1.82) is 0 Å². The summed E-state index contributed by atoms with van der Waals surface area (Å²) in [5.41, 5.74) is -0.219. The van der Waals surface area contributed by atoms with E-state index in [9.17, 15) is 4.79 Å². The molecule has 0 radical (unpaired) electrons. The molecule has 1 saturated heterocycles. The number of ether oxygens (including phenoxy) is 2. The van der Waals surface area contributed by atoms with Gasteiger partial charge in [-0.15, -0.1) is 0 Å². The number of hydrogen-bond acceptors (Lipinski definition) is 3. The lowest BCUT2D eigenvalue weighted by Crippen LogP contribution is -2.56. The van der Waals surface area contributed by atoms with E-state index in [4.69, 9.17) is 9.47 Å². The van der Waals surface area contributed by atoms with Crippen molar-refractivity contribution in [3.05, 3.63) is 0 Å². The molecule has 3 aliphatic rings. The second kappa shape index (κ2) is 6.66. The number of rotatable bonds is 4. The molecule has 0 spiro atoms. The van der Waals surface area contributed by atoms with Gasteiger partial charge in [0.15, 0.2) is 0 Å². The van der Waals surface area contributed by atoms with Crippen LogP contribution in [0.5, 0.6) is 0 Å². The van der Waals surface area contributed by atoms with E-state index in [2.05, 4.69) is 4.90 Å². The van der Waals surface area contributed by atoms with Crippen LogP contribution in [0.1, 0.15) is 51.4 Å². The van der Waals surface area contributed by atoms with Crippen molar-refractivity contribution in [3.8, 4) is 0 Å². The second-order valence-electron chi connectivity index (χ2n) is 7.13. The maximum atomic E-state index is 12.9. The third kappa shape index (κ3) is 3.11. The lowest BCUT2D eigenvalue weighted by molar-refractivity contribution is -0.161. The first-order chi connectivity index (χ1) is 10.2. The lowest BCUT2D eigenvalue weighted by atomic mass is 9.68. The fourth-order valence-electron chi connectivity index (χ4n) is 4.29. The summed E-state index contributed by atoms with van der Waals surface area (Å²) in [4.78, 5) is 15.0. The zero-order chi connectivity index (χ0) is 14.7. The first-order valence-electron chi connectivity index (χ1n) is 8.65. The highest BCUT2D eigenvalue weighted by atomic mass is 16.5. The summed E-state index contributed by atoms with van der Waals surface area (Å²) in [6.07, 6.45) is 9.97. The SMILES string of the molecule is COCC1(C(=O)N2CCOC(C3CCCCC3)C2)CCC1. The second-order valence-corrected chi connectivity index (χ2v) is 7.13. The molecule has 0 aromatic rings. The summed E-state index contributed by atoms with van der Waals surface area (Å²) < 4.78 is 11.3. The number of morpholine rings is 1. The maximum absolute atomic E-state index is 12.9. The smallest absolute Gasteiger partial charge is 0.231 e. The minimum atomic E-state index is -0.219. The molecule has 3 fully saturated rings. The van der Waals surface area contributed by atoms with Gasteiger partial charge in [-0.05, 0) is 31.6 Å². The molecule has 1 amide bonds. The Morgan fingerprint density at radius 3 is 2.62 bits per heavy atom. The highest BCUT2D eigenvalue weighted by molar-refractivity contribution is 5.84. The van der Waals surface area contributed by atoms with E-state index in [1.165, 1.54) is 32.1 Å². The van der Waals surface area contributed by atoms with Gasteiger partial charge in [0.2, 0.25) is 5.91 Å². The summed E-state index contributed by atoms with van der Waals surface area (Å²) >= 11 is 0. The number of amides is 1. The summed E-state index contributed by atoms with van der Waals surface area (Å²) in [5.74, 6) is 0.980. The summed E-state index contributed by atoms with van der Waals surface area (Å²) in [5, 5.41) is 0. The van der Waals surface area contributed by atoms with Crippen molar-refractivity contribution in [1.82, 2.24) is 4.90 Å². The zero-order valence-electron chi connectivity index (χ0n) is 13.3. The molecule has 1 unspecified atom stereocenters. The highest BCUT2D eigenvalue weighted by Gasteiger charge is 2.47. The fraction of sp³-hybridized carbons (Fsp3) is 0.941. The third-order valence-corrected chi connectivity index (χ3v) is 5.74. The number of hydrogen-bond donors (Lipinski definition) is 0. The van der Waals surface area contributed by atoms with E-state index in [0.717, 1.165) is 32.4 Å². The summed E-state index contributed by atoms with van der Waals surface area (Å²) in [7, 11) is 1.71. The largest absolute Gasteiger partial charge is 0.384 e. The Labute approximate surface area is 128 Å². The third-order valence-electron chi connectivity index (χ3n) is 5.74. The normalized spacial score (nSPS) is 30.0. The predicted molar refractivity (Wildman–Crippen MR) is 81.1 cm³/mol. The minimum absolute atomic E-state index is 0.219. The monoisotopic (exact) mass is 295 g/mol. The van der Waals surface area contributed by atoms with Crippen molar-refractivity contribution in [2.24, 2.45) is 11.3 Å². The Morgan fingerprint density at radius 2 is 2.00 bits per heavy atom. The van der Waals surface area contributed by atoms with Gasteiger partial charge in [-0.2, -0.15) is 0 Å². The Kier molecular flexibility index (Phi) is 4.85. The molecule has 3 rings (SSSR count). The van der Waals surface area contributed by atoms with Gasteiger partial charge in [-0.25, -0.2) is 0 Å². The minimum Gasteiger partial charge on any atom is -0.384 e. The average molecular weight is 295 g/mol. The molecule has 0 bridgehead atoms. The van der Waals surface area contributed by atoms with E-state index in [0.29, 0.717) is 25.0 Å². The molecule has 21 heavy (non-hydrogen) atoms. The van der Waals surface area contributed by atoms with Crippen molar-refractivity contribution < 1.29 is 14.3 Å². The number of nitrogens with zero attached hydrogens (tertiary/aromatic N) is 1. The molecule has 4 nitrogen and oxygen atoms in total. The van der Waals surface area contributed by atoms with Crippen LogP contribution in [0.15, 0.2) is 0 Å². The van der Waals surface area contributed by atoms with Gasteiger partial charge in [0.05, 0.1) is 24.7 Å². The van der Waals surface area contributed by atoms with Crippen molar-refractivity contribution in [3.63, 3.8) is 0 Å². The van der Waals surface area contributed by atoms with Gasteiger partial charge < -0.3 is 14.4 Å². The number of carbonyl (C=O) groups excluding carboxylic acids is 1. The number of carbonyl (C=O) groups is 1. The molecule has 120 valence electrons. The summed E-state index contributed by atoms with van der Waals surface area (Å²) in [6, 6.07) is 0.